The number of rotatable bonds is 5. The Morgan fingerprint density at radius 2 is 1.71 bits per heavy atom. The molecule has 2 aromatic carbocycles. The molecule has 1 atom stereocenters. The summed E-state index contributed by atoms with van der Waals surface area (Å²) in [4.78, 5) is 29.9. The van der Waals surface area contributed by atoms with Gasteiger partial charge in [0.05, 0.1) is 33.1 Å². The highest BCUT2D eigenvalue weighted by atomic mass is 16.5. The molecule has 0 bridgehead atoms. The van der Waals surface area contributed by atoms with E-state index >= 15 is 0 Å². The molecule has 2 aromatic rings. The maximum atomic E-state index is 13.5. The van der Waals surface area contributed by atoms with Crippen molar-refractivity contribution in [1.82, 2.24) is 10.2 Å². The molecular formula is C26H33N3O5. The van der Waals surface area contributed by atoms with E-state index in [1.807, 2.05) is 18.2 Å². The van der Waals surface area contributed by atoms with Crippen molar-refractivity contribution in [1.29, 1.82) is 0 Å². The number of piperazine rings is 1. The topological polar surface area (TPSA) is 80.3 Å². The van der Waals surface area contributed by atoms with Gasteiger partial charge in [0.15, 0.2) is 11.5 Å². The van der Waals surface area contributed by atoms with Gasteiger partial charge in [-0.3, -0.25) is 9.59 Å². The molecule has 1 aliphatic carbocycles. The zero-order chi connectivity index (χ0) is 24.4. The average molecular weight is 468 g/mol. The predicted octanol–water partition coefficient (Wildman–Crippen LogP) is 2.61. The molecule has 4 rings (SSSR count). The number of nitrogens with zero attached hydrogens (tertiary/aromatic N) is 2. The predicted molar refractivity (Wildman–Crippen MR) is 132 cm³/mol. The third-order valence-corrected chi connectivity index (χ3v) is 6.74. The lowest BCUT2D eigenvalue weighted by Gasteiger charge is -2.33. The molecule has 2 aliphatic rings. The molecule has 0 radical (unpaired) electrons. The first-order valence-corrected chi connectivity index (χ1v) is 11.6. The summed E-state index contributed by atoms with van der Waals surface area (Å²) in [5, 5.41) is 3.05. The minimum atomic E-state index is -0.304. The molecule has 1 fully saturated rings. The van der Waals surface area contributed by atoms with Crippen LogP contribution >= 0.6 is 0 Å². The normalized spacial score (nSPS) is 17.8. The van der Waals surface area contributed by atoms with Crippen LogP contribution in [0.3, 0.4) is 0 Å². The van der Waals surface area contributed by atoms with Gasteiger partial charge in [-0.1, -0.05) is 6.07 Å². The van der Waals surface area contributed by atoms with Crippen molar-refractivity contribution in [3.63, 3.8) is 0 Å². The Labute approximate surface area is 200 Å². The van der Waals surface area contributed by atoms with E-state index in [9.17, 15) is 9.59 Å². The van der Waals surface area contributed by atoms with Crippen LogP contribution < -0.4 is 29.9 Å². The number of anilines is 1. The van der Waals surface area contributed by atoms with Gasteiger partial charge in [0.2, 0.25) is 17.1 Å². The molecule has 0 unspecified atom stereocenters. The fourth-order valence-electron chi connectivity index (χ4n) is 5.01. The molecule has 0 spiro atoms. The van der Waals surface area contributed by atoms with Crippen molar-refractivity contribution < 1.29 is 19.0 Å². The number of ether oxygens (including phenoxy) is 3. The summed E-state index contributed by atoms with van der Waals surface area (Å²) in [6.07, 6.45) is 1.32. The van der Waals surface area contributed by atoms with Crippen LogP contribution in [0.1, 0.15) is 30.5 Å². The van der Waals surface area contributed by atoms with Gasteiger partial charge in [0.1, 0.15) is 0 Å². The quantitative estimate of drug-likeness (QED) is 0.724. The van der Waals surface area contributed by atoms with Gasteiger partial charge in [0.25, 0.3) is 0 Å². The lowest BCUT2D eigenvalue weighted by atomic mass is 9.95. The van der Waals surface area contributed by atoms with Gasteiger partial charge in [-0.15, -0.1) is 0 Å². The molecule has 8 nitrogen and oxygen atoms in total. The van der Waals surface area contributed by atoms with Crippen molar-refractivity contribution >= 4 is 11.6 Å². The van der Waals surface area contributed by atoms with Gasteiger partial charge in [-0.2, -0.15) is 0 Å². The van der Waals surface area contributed by atoms with E-state index in [2.05, 4.69) is 22.2 Å². The minimum absolute atomic E-state index is 0.0518. The summed E-state index contributed by atoms with van der Waals surface area (Å²) in [5.41, 5.74) is 4.13. The first kappa shape index (κ1) is 23.9. The number of aryl methyl sites for hydroxylation is 1. The van der Waals surface area contributed by atoms with E-state index in [0.717, 1.165) is 48.4 Å². The summed E-state index contributed by atoms with van der Waals surface area (Å²) in [5.74, 6) is 1.50. The van der Waals surface area contributed by atoms with Gasteiger partial charge in [-0.05, 0) is 54.8 Å². The van der Waals surface area contributed by atoms with Crippen molar-refractivity contribution in [3.8, 4) is 28.4 Å². The van der Waals surface area contributed by atoms with E-state index in [0.29, 0.717) is 35.8 Å². The summed E-state index contributed by atoms with van der Waals surface area (Å²) in [6, 6.07) is 7.24. The Bertz CT molecular complexity index is 1140. The second-order valence-corrected chi connectivity index (χ2v) is 8.86. The number of hydrogen-bond acceptors (Lipinski definition) is 7. The number of carbonyl (C=O) groups excluding carboxylic acids is 1. The van der Waals surface area contributed by atoms with Crippen molar-refractivity contribution in [2.45, 2.75) is 25.8 Å². The number of amides is 1. The standard InChI is InChI=1S/C26H33N3O5/c1-16(30)27-20-8-6-17-14-23(32-3)25(33-4)26(34-5)24(17)18-7-9-21(22(31)15-19(18)20)29-12-10-28(2)11-13-29/h7,9,14-15,20H,6,8,10-13H2,1-5H3,(H,27,30)/t20-/m1/s1. The lowest BCUT2D eigenvalue weighted by molar-refractivity contribution is -0.119. The maximum absolute atomic E-state index is 13.5. The number of likely N-dealkylation sites (N-methyl/N-ethyl adjacent to an activating group) is 1. The summed E-state index contributed by atoms with van der Waals surface area (Å²) in [7, 11) is 6.87. The molecule has 0 aromatic heterocycles. The van der Waals surface area contributed by atoms with Crippen molar-refractivity contribution in [3.05, 3.63) is 45.6 Å². The van der Waals surface area contributed by atoms with Gasteiger partial charge < -0.3 is 29.3 Å². The molecule has 1 heterocycles. The fraction of sp³-hybridized carbons (Fsp3) is 0.462. The maximum Gasteiger partial charge on any atom is 0.217 e. The van der Waals surface area contributed by atoms with Crippen LogP contribution in [0, 0.1) is 0 Å². The first-order valence-electron chi connectivity index (χ1n) is 11.6. The molecular weight excluding hydrogens is 434 g/mol. The Hall–Kier alpha value is -3.26. The second-order valence-electron chi connectivity index (χ2n) is 8.86. The molecule has 1 N–H and O–H groups in total. The molecule has 34 heavy (non-hydrogen) atoms. The summed E-state index contributed by atoms with van der Waals surface area (Å²) >= 11 is 0. The number of benzene rings is 1. The summed E-state index contributed by atoms with van der Waals surface area (Å²) in [6.45, 7) is 4.89. The molecule has 1 aliphatic heterocycles. The van der Waals surface area contributed by atoms with Crippen molar-refractivity contribution in [2.75, 3.05) is 59.5 Å². The number of fused-ring (bicyclic) bond motifs is 3. The zero-order valence-corrected chi connectivity index (χ0v) is 20.6. The Balaban J connectivity index is 1.97. The monoisotopic (exact) mass is 467 g/mol. The number of hydrogen-bond donors (Lipinski definition) is 1. The highest BCUT2D eigenvalue weighted by Gasteiger charge is 2.30. The van der Waals surface area contributed by atoms with Crippen LogP contribution in [-0.4, -0.2) is 65.4 Å². The zero-order valence-electron chi connectivity index (χ0n) is 20.6. The lowest BCUT2D eigenvalue weighted by Crippen LogP contribution is -2.45. The smallest absolute Gasteiger partial charge is 0.217 e. The van der Waals surface area contributed by atoms with Crippen LogP contribution in [0.5, 0.6) is 17.2 Å². The van der Waals surface area contributed by atoms with E-state index < -0.39 is 0 Å². The number of carbonyl (C=O) groups is 1. The van der Waals surface area contributed by atoms with E-state index in [-0.39, 0.29) is 17.4 Å². The van der Waals surface area contributed by atoms with Crippen LogP contribution in [0.15, 0.2) is 29.1 Å². The van der Waals surface area contributed by atoms with E-state index in [1.54, 1.807) is 27.4 Å². The number of nitrogens with one attached hydrogen (secondary N) is 1. The van der Waals surface area contributed by atoms with Crippen LogP contribution in [0.25, 0.3) is 11.1 Å². The van der Waals surface area contributed by atoms with Crippen LogP contribution in [-0.2, 0) is 11.2 Å². The fourth-order valence-corrected chi connectivity index (χ4v) is 5.01. The second kappa shape index (κ2) is 9.93. The highest BCUT2D eigenvalue weighted by Crippen LogP contribution is 2.50. The first-order chi connectivity index (χ1) is 16.4. The average Bonchev–Trinajstić information content (AvgIpc) is 3.07. The number of methoxy groups -OCH3 is 3. The molecule has 0 saturated carbocycles. The Kier molecular flexibility index (Phi) is 6.97. The van der Waals surface area contributed by atoms with E-state index in [4.69, 9.17) is 14.2 Å². The Morgan fingerprint density at radius 3 is 2.32 bits per heavy atom. The van der Waals surface area contributed by atoms with Gasteiger partial charge >= 0.3 is 0 Å². The van der Waals surface area contributed by atoms with Crippen LogP contribution in [0.4, 0.5) is 5.69 Å². The SMILES string of the molecule is COc1cc2c(c(OC)c1OC)-c1ccc(N3CCN(C)CC3)c(=O)cc1[C@H](NC(C)=O)CC2. The third kappa shape index (κ3) is 4.42. The largest absolute Gasteiger partial charge is 0.493 e. The molecule has 8 heteroatoms. The minimum Gasteiger partial charge on any atom is -0.493 e. The Morgan fingerprint density at radius 1 is 1.00 bits per heavy atom. The third-order valence-electron chi connectivity index (χ3n) is 6.74. The summed E-state index contributed by atoms with van der Waals surface area (Å²) < 4.78 is 17.1. The molecule has 1 amide bonds. The van der Waals surface area contributed by atoms with Crippen LogP contribution in [0.2, 0.25) is 0 Å². The van der Waals surface area contributed by atoms with Gasteiger partial charge in [-0.25, -0.2) is 0 Å². The van der Waals surface area contributed by atoms with Gasteiger partial charge in [0, 0.05) is 38.7 Å². The highest BCUT2D eigenvalue weighted by molar-refractivity contribution is 5.83. The van der Waals surface area contributed by atoms with Crippen molar-refractivity contribution in [2.24, 2.45) is 0 Å². The van der Waals surface area contributed by atoms with E-state index in [1.165, 1.54) is 6.92 Å². The molecule has 1 saturated heterocycles. The molecule has 182 valence electrons.